The molecule has 25 heavy (non-hydrogen) atoms. The Hall–Kier alpha value is -1.52. The van der Waals surface area contributed by atoms with Crippen molar-refractivity contribution in [2.75, 3.05) is 0 Å². The lowest BCUT2D eigenvalue weighted by atomic mass is 10.2. The SMILES string of the molecule is C[Si](C)(OCc1c(F)c(F)c(F)c(F)c1F)[Si](C)(C)c1ccccc1. The second-order valence-electron chi connectivity index (χ2n) is 6.84. The van der Waals surface area contributed by atoms with Gasteiger partial charge in [-0.25, -0.2) is 22.0 Å². The molecule has 0 radical (unpaired) electrons. The Balaban J connectivity index is 2.32. The van der Waals surface area contributed by atoms with E-state index < -0.39 is 56.7 Å². The Morgan fingerprint density at radius 2 is 1.16 bits per heavy atom. The number of halogens is 5. The Kier molecular flexibility index (Phi) is 5.55. The molecule has 0 spiro atoms. The van der Waals surface area contributed by atoms with Gasteiger partial charge in [0, 0.05) is 0 Å². The van der Waals surface area contributed by atoms with Crippen LogP contribution < -0.4 is 5.19 Å². The minimum atomic E-state index is -2.48. The molecule has 0 unspecified atom stereocenters. The molecule has 0 aromatic heterocycles. The number of hydrogen-bond acceptors (Lipinski definition) is 1. The molecule has 2 rings (SSSR count). The summed E-state index contributed by atoms with van der Waals surface area (Å²) in [5.41, 5.74) is -0.921. The van der Waals surface area contributed by atoms with Crippen LogP contribution in [0, 0.1) is 29.1 Å². The van der Waals surface area contributed by atoms with E-state index in [0.717, 1.165) is 5.19 Å². The number of rotatable bonds is 5. The average molecular weight is 390 g/mol. The molecule has 0 N–H and O–H groups in total. The Morgan fingerprint density at radius 3 is 1.64 bits per heavy atom. The van der Waals surface area contributed by atoms with Crippen molar-refractivity contribution < 1.29 is 26.4 Å². The van der Waals surface area contributed by atoms with Crippen molar-refractivity contribution in [2.24, 2.45) is 0 Å². The van der Waals surface area contributed by atoms with Gasteiger partial charge >= 0.3 is 0 Å². The largest absolute Gasteiger partial charge is 0.415 e. The summed E-state index contributed by atoms with van der Waals surface area (Å²) in [7, 11) is -4.61. The minimum absolute atomic E-state index is 0.645. The number of benzene rings is 2. The van der Waals surface area contributed by atoms with E-state index in [0.29, 0.717) is 0 Å². The summed E-state index contributed by atoms with van der Waals surface area (Å²) in [5.74, 6) is -9.72. The molecule has 0 fully saturated rings. The van der Waals surface area contributed by atoms with Crippen molar-refractivity contribution in [1.29, 1.82) is 0 Å². The van der Waals surface area contributed by atoms with Gasteiger partial charge in [-0.3, -0.25) is 0 Å². The molecule has 8 heteroatoms. The lowest BCUT2D eigenvalue weighted by Crippen LogP contribution is -2.64. The third-order valence-electron chi connectivity index (χ3n) is 4.88. The molecule has 0 amide bonds. The van der Waals surface area contributed by atoms with Crippen LogP contribution in [0.3, 0.4) is 0 Å². The topological polar surface area (TPSA) is 9.23 Å². The van der Waals surface area contributed by atoms with Gasteiger partial charge in [0.1, 0.15) is 7.59 Å². The molecular weight excluding hydrogens is 371 g/mol. The minimum Gasteiger partial charge on any atom is -0.415 e. The molecule has 0 saturated carbocycles. The van der Waals surface area contributed by atoms with Crippen LogP contribution in [0.1, 0.15) is 5.56 Å². The zero-order valence-electron chi connectivity index (χ0n) is 14.4. The van der Waals surface area contributed by atoms with Gasteiger partial charge in [-0.05, 0) is 13.1 Å². The molecule has 0 heterocycles. The Morgan fingerprint density at radius 1 is 0.720 bits per heavy atom. The van der Waals surface area contributed by atoms with E-state index in [-0.39, 0.29) is 0 Å². The monoisotopic (exact) mass is 390 g/mol. The maximum Gasteiger partial charge on any atom is 0.200 e. The summed E-state index contributed by atoms with van der Waals surface area (Å²) in [5, 5.41) is 1.11. The van der Waals surface area contributed by atoms with Crippen LogP contribution in [0.5, 0.6) is 0 Å². The maximum atomic E-state index is 13.8. The quantitative estimate of drug-likeness (QED) is 0.308. The molecule has 136 valence electrons. The lowest BCUT2D eigenvalue weighted by Gasteiger charge is -2.38. The molecule has 0 aliphatic heterocycles. The van der Waals surface area contributed by atoms with Crippen molar-refractivity contribution >= 4 is 20.6 Å². The van der Waals surface area contributed by atoms with E-state index in [2.05, 4.69) is 13.1 Å². The third kappa shape index (κ3) is 3.56. The van der Waals surface area contributed by atoms with Crippen LogP contribution in [0.4, 0.5) is 22.0 Å². The molecule has 0 aliphatic carbocycles. The molecule has 1 nitrogen and oxygen atoms in total. The predicted octanol–water partition coefficient (Wildman–Crippen LogP) is 4.80. The molecule has 2 aromatic rings. The van der Waals surface area contributed by atoms with Crippen LogP contribution in [0.15, 0.2) is 30.3 Å². The second kappa shape index (κ2) is 7.01. The van der Waals surface area contributed by atoms with Crippen molar-refractivity contribution in [1.82, 2.24) is 0 Å². The van der Waals surface area contributed by atoms with Crippen molar-refractivity contribution in [3.8, 4) is 0 Å². The van der Waals surface area contributed by atoms with Gasteiger partial charge in [0.2, 0.25) is 5.82 Å². The van der Waals surface area contributed by atoms with E-state index in [4.69, 9.17) is 4.43 Å². The van der Waals surface area contributed by atoms with Gasteiger partial charge < -0.3 is 4.43 Å². The van der Waals surface area contributed by atoms with Crippen LogP contribution in [0.2, 0.25) is 26.2 Å². The highest BCUT2D eigenvalue weighted by Gasteiger charge is 2.44. The Labute approximate surface area is 145 Å². The first-order valence-electron chi connectivity index (χ1n) is 7.70. The zero-order chi connectivity index (χ0) is 19.0. The first-order chi connectivity index (χ1) is 11.5. The van der Waals surface area contributed by atoms with Gasteiger partial charge in [0.25, 0.3) is 0 Å². The third-order valence-corrected chi connectivity index (χ3v) is 20.9. The standard InChI is InChI=1S/C17H19F5OSi2/c1-24(2,11-8-6-5-7-9-11)25(3,4)23-10-12-13(18)15(20)17(22)16(21)14(12)19/h5-9H,10H2,1-4H3. The fraction of sp³-hybridized carbons (Fsp3) is 0.294. The van der Waals surface area contributed by atoms with E-state index in [1.807, 2.05) is 43.4 Å². The first-order valence-corrected chi connectivity index (χ1v) is 14.6. The molecule has 2 aromatic carbocycles. The first kappa shape index (κ1) is 19.8. The average Bonchev–Trinajstić information content (AvgIpc) is 2.58. The molecule has 0 atom stereocenters. The zero-order valence-corrected chi connectivity index (χ0v) is 16.4. The lowest BCUT2D eigenvalue weighted by molar-refractivity contribution is 0.279. The summed E-state index contributed by atoms with van der Waals surface area (Å²) in [6, 6.07) is 9.64. The van der Waals surface area contributed by atoms with Crippen molar-refractivity contribution in [3.05, 3.63) is 65.0 Å². The summed E-state index contributed by atoms with van der Waals surface area (Å²) >= 11 is 0. The Bertz CT molecular complexity index is 749. The van der Waals surface area contributed by atoms with Gasteiger partial charge in [0.15, 0.2) is 31.1 Å². The summed E-state index contributed by atoms with van der Waals surface area (Å²) < 4.78 is 73.2. The fourth-order valence-electron chi connectivity index (χ4n) is 2.41. The van der Waals surface area contributed by atoms with E-state index in [9.17, 15) is 22.0 Å². The highest BCUT2D eigenvalue weighted by atomic mass is 29.3. The van der Waals surface area contributed by atoms with Gasteiger partial charge in [-0.1, -0.05) is 48.6 Å². The smallest absolute Gasteiger partial charge is 0.200 e. The van der Waals surface area contributed by atoms with E-state index in [1.165, 1.54) is 0 Å². The predicted molar refractivity (Wildman–Crippen MR) is 92.1 cm³/mol. The highest BCUT2D eigenvalue weighted by molar-refractivity contribution is 7.43. The molecule has 0 aliphatic rings. The number of hydrogen-bond donors (Lipinski definition) is 0. The summed E-state index contributed by atoms with van der Waals surface area (Å²) in [6.07, 6.45) is 0. The van der Waals surface area contributed by atoms with Crippen LogP contribution in [0.25, 0.3) is 0 Å². The highest BCUT2D eigenvalue weighted by Crippen LogP contribution is 2.27. The van der Waals surface area contributed by atoms with Crippen molar-refractivity contribution in [3.63, 3.8) is 0 Å². The van der Waals surface area contributed by atoms with Crippen molar-refractivity contribution in [2.45, 2.75) is 32.8 Å². The van der Waals surface area contributed by atoms with Gasteiger partial charge in [-0.15, -0.1) is 0 Å². The van der Waals surface area contributed by atoms with Gasteiger partial charge in [0.05, 0.1) is 12.2 Å². The van der Waals surface area contributed by atoms with E-state index in [1.54, 1.807) is 0 Å². The van der Waals surface area contributed by atoms with Crippen LogP contribution in [-0.4, -0.2) is 15.4 Å². The van der Waals surface area contributed by atoms with Crippen LogP contribution in [-0.2, 0) is 11.0 Å². The fourth-order valence-corrected chi connectivity index (χ4v) is 8.88. The normalized spacial score (nSPS) is 12.5. The summed E-state index contributed by atoms with van der Waals surface area (Å²) in [6.45, 7) is 7.31. The molecule has 0 bridgehead atoms. The summed E-state index contributed by atoms with van der Waals surface area (Å²) in [4.78, 5) is 0. The van der Waals surface area contributed by atoms with E-state index >= 15 is 0 Å². The molecular formula is C17H19F5OSi2. The maximum absolute atomic E-state index is 13.8. The van der Waals surface area contributed by atoms with Crippen LogP contribution >= 0.6 is 0 Å². The molecule has 0 saturated heterocycles. The van der Waals surface area contributed by atoms with Gasteiger partial charge in [-0.2, -0.15) is 0 Å². The second-order valence-corrected chi connectivity index (χ2v) is 21.3.